The Morgan fingerprint density at radius 2 is 2.00 bits per heavy atom. The van der Waals surface area contributed by atoms with E-state index < -0.39 is 5.92 Å². The Balaban J connectivity index is 1.99. The molecule has 0 spiro atoms. The molecule has 1 aromatic carbocycles. The maximum absolute atomic E-state index is 12.3. The van der Waals surface area contributed by atoms with Gasteiger partial charge in [0, 0.05) is 6.54 Å². The Morgan fingerprint density at radius 3 is 2.55 bits per heavy atom. The quantitative estimate of drug-likeness (QED) is 0.891. The fourth-order valence-electron chi connectivity index (χ4n) is 3.09. The Kier molecular flexibility index (Phi) is 4.79. The van der Waals surface area contributed by atoms with E-state index in [0.29, 0.717) is 6.54 Å². The monoisotopic (exact) mass is 270 g/mol. The van der Waals surface area contributed by atoms with Crippen molar-refractivity contribution in [1.29, 1.82) is 5.26 Å². The molecule has 2 rings (SSSR count). The molecule has 1 aliphatic rings. The maximum atomic E-state index is 12.3. The van der Waals surface area contributed by atoms with Crippen LogP contribution in [0.1, 0.15) is 50.5 Å². The lowest BCUT2D eigenvalue weighted by atomic mass is 9.83. The summed E-state index contributed by atoms with van der Waals surface area (Å²) in [5.74, 6) is -0.870. The molecule has 1 fully saturated rings. The Morgan fingerprint density at radius 1 is 1.35 bits per heavy atom. The van der Waals surface area contributed by atoms with E-state index in [1.807, 2.05) is 30.3 Å². The minimum atomic E-state index is -0.702. The van der Waals surface area contributed by atoms with E-state index in [0.717, 1.165) is 12.0 Å². The normalized spacial score (nSPS) is 18.2. The molecule has 1 atom stereocenters. The van der Waals surface area contributed by atoms with Crippen LogP contribution in [0.2, 0.25) is 0 Å². The smallest absolute Gasteiger partial charge is 0.241 e. The van der Waals surface area contributed by atoms with Crippen molar-refractivity contribution in [2.24, 2.45) is 5.41 Å². The fraction of sp³-hybridized carbons (Fsp3) is 0.529. The van der Waals surface area contributed by atoms with Gasteiger partial charge in [0.25, 0.3) is 0 Å². The molecule has 0 bridgehead atoms. The summed E-state index contributed by atoms with van der Waals surface area (Å²) in [5, 5.41) is 12.3. The van der Waals surface area contributed by atoms with E-state index in [4.69, 9.17) is 0 Å². The lowest BCUT2D eigenvalue weighted by molar-refractivity contribution is -0.121. The number of hydrogen-bond acceptors (Lipinski definition) is 2. The van der Waals surface area contributed by atoms with Crippen molar-refractivity contribution in [3.63, 3.8) is 0 Å². The highest BCUT2D eigenvalue weighted by Gasteiger charge is 2.33. The molecule has 1 amide bonds. The molecule has 1 aliphatic carbocycles. The van der Waals surface area contributed by atoms with Crippen molar-refractivity contribution in [3.8, 4) is 6.07 Å². The number of nitriles is 1. The van der Waals surface area contributed by atoms with Gasteiger partial charge in [-0.25, -0.2) is 0 Å². The van der Waals surface area contributed by atoms with E-state index >= 15 is 0 Å². The average molecular weight is 270 g/mol. The van der Waals surface area contributed by atoms with Crippen LogP contribution in [-0.4, -0.2) is 12.5 Å². The molecular formula is C17H22N2O. The van der Waals surface area contributed by atoms with Gasteiger partial charge in [-0.2, -0.15) is 5.26 Å². The SMILES string of the molecule is CCC1(CNC(=O)C(C#N)c2ccccc2)CCCC1. The second-order valence-corrected chi connectivity index (χ2v) is 5.75. The van der Waals surface area contributed by atoms with Gasteiger partial charge in [-0.15, -0.1) is 0 Å². The lowest BCUT2D eigenvalue weighted by Crippen LogP contribution is -2.38. The van der Waals surface area contributed by atoms with Gasteiger partial charge in [0.15, 0.2) is 0 Å². The molecule has 3 heteroatoms. The molecule has 0 saturated heterocycles. The van der Waals surface area contributed by atoms with E-state index in [-0.39, 0.29) is 11.3 Å². The fourth-order valence-corrected chi connectivity index (χ4v) is 3.09. The number of hydrogen-bond donors (Lipinski definition) is 1. The van der Waals surface area contributed by atoms with Crippen molar-refractivity contribution in [2.75, 3.05) is 6.54 Å². The van der Waals surface area contributed by atoms with Crippen molar-refractivity contribution in [3.05, 3.63) is 35.9 Å². The highest BCUT2D eigenvalue weighted by Crippen LogP contribution is 2.40. The van der Waals surface area contributed by atoms with E-state index in [2.05, 4.69) is 18.3 Å². The number of carbonyl (C=O) groups excluding carboxylic acids is 1. The summed E-state index contributed by atoms with van der Waals surface area (Å²) in [6, 6.07) is 11.4. The largest absolute Gasteiger partial charge is 0.354 e. The Bertz CT molecular complexity index is 483. The maximum Gasteiger partial charge on any atom is 0.241 e. The number of benzene rings is 1. The first kappa shape index (κ1) is 14.6. The van der Waals surface area contributed by atoms with Crippen LogP contribution in [-0.2, 0) is 4.79 Å². The standard InChI is InChI=1S/C17H22N2O/c1-2-17(10-6-7-11-17)13-19-16(20)15(12-18)14-8-4-3-5-9-14/h3-5,8-9,15H,2,6-7,10-11,13H2,1H3,(H,19,20). The van der Waals surface area contributed by atoms with Crippen LogP contribution in [0, 0.1) is 16.7 Å². The first-order valence-corrected chi connectivity index (χ1v) is 7.43. The number of nitrogens with one attached hydrogen (secondary N) is 1. The van der Waals surface area contributed by atoms with Crippen LogP contribution in [0.5, 0.6) is 0 Å². The van der Waals surface area contributed by atoms with E-state index in [9.17, 15) is 10.1 Å². The Hall–Kier alpha value is -1.82. The molecule has 0 aliphatic heterocycles. The van der Waals surface area contributed by atoms with Gasteiger partial charge < -0.3 is 5.32 Å². The first-order valence-electron chi connectivity index (χ1n) is 7.43. The molecule has 1 unspecified atom stereocenters. The minimum absolute atomic E-state index is 0.168. The van der Waals surface area contributed by atoms with Crippen molar-refractivity contribution < 1.29 is 4.79 Å². The topological polar surface area (TPSA) is 52.9 Å². The molecule has 1 saturated carbocycles. The number of rotatable bonds is 5. The van der Waals surface area contributed by atoms with Crippen LogP contribution in [0.25, 0.3) is 0 Å². The van der Waals surface area contributed by atoms with Gasteiger partial charge >= 0.3 is 0 Å². The zero-order valence-electron chi connectivity index (χ0n) is 12.1. The molecule has 0 radical (unpaired) electrons. The molecule has 106 valence electrons. The summed E-state index contributed by atoms with van der Waals surface area (Å²) < 4.78 is 0. The minimum Gasteiger partial charge on any atom is -0.354 e. The molecule has 1 N–H and O–H groups in total. The zero-order valence-corrected chi connectivity index (χ0v) is 12.1. The summed E-state index contributed by atoms with van der Waals surface area (Å²) in [5.41, 5.74) is 1.02. The predicted octanol–water partition coefficient (Wildman–Crippen LogP) is 3.38. The van der Waals surface area contributed by atoms with Crippen LogP contribution in [0.15, 0.2) is 30.3 Å². The van der Waals surface area contributed by atoms with Crippen LogP contribution >= 0.6 is 0 Å². The summed E-state index contributed by atoms with van der Waals surface area (Å²) in [6.45, 7) is 2.89. The van der Waals surface area contributed by atoms with Crippen molar-refractivity contribution in [1.82, 2.24) is 5.32 Å². The van der Waals surface area contributed by atoms with E-state index in [1.165, 1.54) is 25.7 Å². The molecular weight excluding hydrogens is 248 g/mol. The van der Waals surface area contributed by atoms with Gasteiger partial charge in [0.2, 0.25) is 5.91 Å². The Labute approximate surface area is 121 Å². The zero-order chi connectivity index (χ0) is 14.4. The molecule has 0 heterocycles. The van der Waals surface area contributed by atoms with Gasteiger partial charge in [0.1, 0.15) is 5.92 Å². The van der Waals surface area contributed by atoms with Crippen LogP contribution in [0.3, 0.4) is 0 Å². The van der Waals surface area contributed by atoms with Crippen molar-refractivity contribution in [2.45, 2.75) is 44.9 Å². The summed E-state index contributed by atoms with van der Waals surface area (Å²) in [4.78, 5) is 12.3. The number of carbonyl (C=O) groups is 1. The third-order valence-electron chi connectivity index (χ3n) is 4.58. The molecule has 3 nitrogen and oxygen atoms in total. The first-order chi connectivity index (χ1) is 9.71. The molecule has 0 aromatic heterocycles. The number of nitrogens with zero attached hydrogens (tertiary/aromatic N) is 1. The summed E-state index contributed by atoms with van der Waals surface area (Å²) in [7, 11) is 0. The van der Waals surface area contributed by atoms with E-state index in [1.54, 1.807) is 0 Å². The van der Waals surface area contributed by atoms with Gasteiger partial charge in [-0.05, 0) is 30.2 Å². The highest BCUT2D eigenvalue weighted by molar-refractivity contribution is 5.86. The molecule has 1 aromatic rings. The van der Waals surface area contributed by atoms with Crippen molar-refractivity contribution >= 4 is 5.91 Å². The molecule has 20 heavy (non-hydrogen) atoms. The predicted molar refractivity (Wildman–Crippen MR) is 79.0 cm³/mol. The highest BCUT2D eigenvalue weighted by atomic mass is 16.1. The second kappa shape index (κ2) is 6.56. The number of amides is 1. The van der Waals surface area contributed by atoms with Gasteiger partial charge in [0.05, 0.1) is 6.07 Å². The third kappa shape index (κ3) is 3.19. The summed E-state index contributed by atoms with van der Waals surface area (Å²) in [6.07, 6.45) is 5.97. The van der Waals surface area contributed by atoms with Crippen LogP contribution < -0.4 is 5.32 Å². The lowest BCUT2D eigenvalue weighted by Gasteiger charge is -2.28. The van der Waals surface area contributed by atoms with Crippen LogP contribution in [0.4, 0.5) is 0 Å². The van der Waals surface area contributed by atoms with Gasteiger partial charge in [-0.1, -0.05) is 50.1 Å². The summed E-state index contributed by atoms with van der Waals surface area (Å²) >= 11 is 0. The average Bonchev–Trinajstić information content (AvgIpc) is 2.97. The third-order valence-corrected chi connectivity index (χ3v) is 4.58. The van der Waals surface area contributed by atoms with Gasteiger partial charge in [-0.3, -0.25) is 4.79 Å². The second-order valence-electron chi connectivity index (χ2n) is 5.75.